The van der Waals surface area contributed by atoms with Crippen molar-refractivity contribution in [3.63, 3.8) is 0 Å². The molecular weight excluding hydrogens is 383 g/mol. The van der Waals surface area contributed by atoms with E-state index >= 15 is 0 Å². The molecule has 0 unspecified atom stereocenters. The Morgan fingerprint density at radius 3 is 2.59 bits per heavy atom. The van der Waals surface area contributed by atoms with Crippen LogP contribution in [0.5, 0.6) is 0 Å². The Kier molecular flexibility index (Phi) is 6.27. The van der Waals surface area contributed by atoms with E-state index in [0.717, 1.165) is 32.8 Å². The molecule has 0 aliphatic heterocycles. The minimum absolute atomic E-state index is 0.0306. The topological polar surface area (TPSA) is 42.0 Å². The van der Waals surface area contributed by atoms with Crippen molar-refractivity contribution < 1.29 is 9.18 Å². The lowest BCUT2D eigenvalue weighted by Crippen LogP contribution is -2.25. The Labute approximate surface area is 176 Å². The predicted molar refractivity (Wildman–Crippen MR) is 119 cm³/mol. The highest BCUT2D eigenvalue weighted by Gasteiger charge is 2.21. The summed E-state index contributed by atoms with van der Waals surface area (Å²) >= 11 is 1.56. The van der Waals surface area contributed by atoms with Crippen LogP contribution < -0.4 is 5.32 Å². The first-order valence-electron chi connectivity index (χ1n) is 9.81. The van der Waals surface area contributed by atoms with Crippen LogP contribution in [0.15, 0.2) is 47.5 Å². The molecule has 29 heavy (non-hydrogen) atoms. The number of amides is 1. The number of rotatable bonds is 5. The molecule has 0 aliphatic carbocycles. The van der Waals surface area contributed by atoms with Gasteiger partial charge in [-0.15, -0.1) is 11.8 Å². The molecule has 1 heterocycles. The van der Waals surface area contributed by atoms with E-state index in [2.05, 4.69) is 44.3 Å². The van der Waals surface area contributed by atoms with E-state index in [1.807, 2.05) is 13.8 Å². The van der Waals surface area contributed by atoms with Crippen molar-refractivity contribution in [2.45, 2.75) is 51.6 Å². The lowest BCUT2D eigenvalue weighted by Gasteiger charge is -2.20. The van der Waals surface area contributed by atoms with Gasteiger partial charge in [-0.1, -0.05) is 52.0 Å². The summed E-state index contributed by atoms with van der Waals surface area (Å²) in [5, 5.41) is 4.64. The maximum atomic E-state index is 13.4. The highest BCUT2D eigenvalue weighted by atomic mass is 32.2. The van der Waals surface area contributed by atoms with Crippen LogP contribution in [0.1, 0.15) is 54.7 Å². The van der Waals surface area contributed by atoms with Crippen molar-refractivity contribution in [3.05, 3.63) is 70.5 Å². The minimum atomic E-state index is -0.308. The number of hydrogen-bond donors (Lipinski definition) is 1. The van der Waals surface area contributed by atoms with Crippen LogP contribution in [-0.4, -0.2) is 16.6 Å². The SMILES string of the molecule is CCSc1nc2cc(C(C)(C)C)ccc2c(C)c1C(=O)NCc1cccc(F)c1. The summed E-state index contributed by atoms with van der Waals surface area (Å²) in [6.07, 6.45) is 0. The van der Waals surface area contributed by atoms with Crippen molar-refractivity contribution in [2.75, 3.05) is 5.75 Å². The number of thioether (sulfide) groups is 1. The zero-order chi connectivity index (χ0) is 21.2. The Hall–Kier alpha value is -2.40. The third-order valence-electron chi connectivity index (χ3n) is 4.93. The molecule has 0 radical (unpaired) electrons. The fourth-order valence-corrected chi connectivity index (χ4v) is 4.12. The average molecular weight is 411 g/mol. The van der Waals surface area contributed by atoms with Gasteiger partial charge in [0.15, 0.2) is 0 Å². The van der Waals surface area contributed by atoms with Gasteiger partial charge in [0.05, 0.1) is 11.1 Å². The van der Waals surface area contributed by atoms with Crippen molar-refractivity contribution >= 4 is 28.6 Å². The van der Waals surface area contributed by atoms with E-state index in [-0.39, 0.29) is 23.7 Å². The van der Waals surface area contributed by atoms with Gasteiger partial charge in [0, 0.05) is 11.9 Å². The standard InChI is InChI=1S/C24H27FN2OS/c1-6-29-23-21(22(28)26-14-16-8-7-9-18(25)12-16)15(2)19-11-10-17(24(3,4)5)13-20(19)27-23/h7-13H,6,14H2,1-5H3,(H,26,28). The van der Waals surface area contributed by atoms with Crippen LogP contribution in [0.25, 0.3) is 10.9 Å². The molecule has 1 amide bonds. The Morgan fingerprint density at radius 2 is 1.93 bits per heavy atom. The molecule has 0 fully saturated rings. The molecule has 0 saturated heterocycles. The summed E-state index contributed by atoms with van der Waals surface area (Å²) in [6.45, 7) is 10.8. The van der Waals surface area contributed by atoms with Gasteiger partial charge >= 0.3 is 0 Å². The van der Waals surface area contributed by atoms with Crippen LogP contribution in [0.3, 0.4) is 0 Å². The van der Waals surface area contributed by atoms with Crippen molar-refractivity contribution in [2.24, 2.45) is 0 Å². The number of carbonyl (C=O) groups is 1. The van der Waals surface area contributed by atoms with E-state index in [4.69, 9.17) is 4.98 Å². The number of nitrogens with zero attached hydrogens (tertiary/aromatic N) is 1. The molecule has 0 aliphatic rings. The highest BCUT2D eigenvalue weighted by molar-refractivity contribution is 7.99. The zero-order valence-electron chi connectivity index (χ0n) is 17.6. The highest BCUT2D eigenvalue weighted by Crippen LogP contribution is 2.32. The normalized spacial score (nSPS) is 11.7. The number of aromatic nitrogens is 1. The summed E-state index contributed by atoms with van der Waals surface area (Å²) < 4.78 is 13.4. The molecule has 152 valence electrons. The number of halogens is 1. The monoisotopic (exact) mass is 410 g/mol. The second-order valence-electron chi connectivity index (χ2n) is 8.14. The largest absolute Gasteiger partial charge is 0.348 e. The minimum Gasteiger partial charge on any atom is -0.348 e. The van der Waals surface area contributed by atoms with Gasteiger partial charge in [0.25, 0.3) is 5.91 Å². The Balaban J connectivity index is 2.00. The molecule has 3 rings (SSSR count). The molecular formula is C24H27FN2OS. The molecule has 0 spiro atoms. The Bertz CT molecular complexity index is 1060. The third kappa shape index (κ3) is 4.78. The Morgan fingerprint density at radius 1 is 1.17 bits per heavy atom. The summed E-state index contributed by atoms with van der Waals surface area (Å²) in [7, 11) is 0. The van der Waals surface area contributed by atoms with Crippen LogP contribution in [0.2, 0.25) is 0 Å². The number of nitrogens with one attached hydrogen (secondary N) is 1. The van der Waals surface area contributed by atoms with Gasteiger partial charge in [-0.2, -0.15) is 0 Å². The van der Waals surface area contributed by atoms with E-state index in [1.165, 1.54) is 17.7 Å². The summed E-state index contributed by atoms with van der Waals surface area (Å²) in [4.78, 5) is 17.9. The van der Waals surface area contributed by atoms with Crippen LogP contribution in [0.4, 0.5) is 4.39 Å². The van der Waals surface area contributed by atoms with Crippen LogP contribution in [0, 0.1) is 12.7 Å². The second-order valence-corrected chi connectivity index (χ2v) is 9.40. The maximum absolute atomic E-state index is 13.4. The van der Waals surface area contributed by atoms with Gasteiger partial charge in [0.2, 0.25) is 0 Å². The lowest BCUT2D eigenvalue weighted by molar-refractivity contribution is 0.0947. The molecule has 0 bridgehead atoms. The second kappa shape index (κ2) is 8.54. The molecule has 0 saturated carbocycles. The zero-order valence-corrected chi connectivity index (χ0v) is 18.4. The molecule has 3 aromatic rings. The molecule has 1 N–H and O–H groups in total. The molecule has 2 aromatic carbocycles. The van der Waals surface area contributed by atoms with Crippen LogP contribution in [-0.2, 0) is 12.0 Å². The third-order valence-corrected chi connectivity index (χ3v) is 5.79. The summed E-state index contributed by atoms with van der Waals surface area (Å²) in [6, 6.07) is 12.6. The van der Waals surface area contributed by atoms with Gasteiger partial charge in [-0.05, 0) is 53.0 Å². The number of fused-ring (bicyclic) bond motifs is 1. The first kappa shape index (κ1) is 21.3. The van der Waals surface area contributed by atoms with Gasteiger partial charge in [-0.3, -0.25) is 4.79 Å². The average Bonchev–Trinajstić information content (AvgIpc) is 2.65. The molecule has 5 heteroatoms. The first-order valence-corrected chi connectivity index (χ1v) is 10.8. The van der Waals surface area contributed by atoms with Crippen molar-refractivity contribution in [1.82, 2.24) is 10.3 Å². The van der Waals surface area contributed by atoms with E-state index < -0.39 is 0 Å². The van der Waals surface area contributed by atoms with Crippen molar-refractivity contribution in [3.8, 4) is 0 Å². The van der Waals surface area contributed by atoms with E-state index in [0.29, 0.717) is 5.56 Å². The number of benzene rings is 2. The van der Waals surface area contributed by atoms with Gasteiger partial charge in [0.1, 0.15) is 10.8 Å². The number of aryl methyl sites for hydroxylation is 1. The van der Waals surface area contributed by atoms with E-state index in [1.54, 1.807) is 23.9 Å². The maximum Gasteiger partial charge on any atom is 0.254 e. The fraction of sp³-hybridized carbons (Fsp3) is 0.333. The lowest BCUT2D eigenvalue weighted by atomic mass is 9.86. The van der Waals surface area contributed by atoms with Crippen molar-refractivity contribution in [1.29, 1.82) is 0 Å². The predicted octanol–water partition coefficient (Wildman–Crippen LogP) is 6.02. The molecule has 0 atom stereocenters. The molecule has 1 aromatic heterocycles. The molecule has 3 nitrogen and oxygen atoms in total. The first-order chi connectivity index (χ1) is 13.7. The quantitative estimate of drug-likeness (QED) is 0.523. The number of hydrogen-bond acceptors (Lipinski definition) is 3. The van der Waals surface area contributed by atoms with Gasteiger partial charge < -0.3 is 5.32 Å². The van der Waals surface area contributed by atoms with E-state index in [9.17, 15) is 9.18 Å². The summed E-state index contributed by atoms with van der Waals surface area (Å²) in [5.41, 5.74) is 4.40. The number of pyridine rings is 1. The summed E-state index contributed by atoms with van der Waals surface area (Å²) in [5.74, 6) is 0.329. The fourth-order valence-electron chi connectivity index (χ4n) is 3.29. The van der Waals surface area contributed by atoms with Crippen LogP contribution >= 0.6 is 11.8 Å². The van der Waals surface area contributed by atoms with Gasteiger partial charge in [-0.25, -0.2) is 9.37 Å². The smallest absolute Gasteiger partial charge is 0.254 e. The number of carbonyl (C=O) groups excluding carboxylic acids is 1.